The lowest BCUT2D eigenvalue weighted by molar-refractivity contribution is -0.125. The lowest BCUT2D eigenvalue weighted by Gasteiger charge is -2.29. The summed E-state index contributed by atoms with van der Waals surface area (Å²) in [6.07, 6.45) is 0.249. The smallest absolute Gasteiger partial charge is 0.227 e. The van der Waals surface area contributed by atoms with Gasteiger partial charge in [-0.3, -0.25) is 9.59 Å². The summed E-state index contributed by atoms with van der Waals surface area (Å²) in [4.78, 5) is 29.3. The number of anilines is 1. The van der Waals surface area contributed by atoms with Crippen LogP contribution in [0.25, 0.3) is 0 Å². The van der Waals surface area contributed by atoms with Gasteiger partial charge in [0.2, 0.25) is 11.8 Å². The maximum Gasteiger partial charge on any atom is 0.227 e. The van der Waals surface area contributed by atoms with Crippen molar-refractivity contribution >= 4 is 40.6 Å². The summed E-state index contributed by atoms with van der Waals surface area (Å²) in [6.45, 7) is 0.648. The lowest BCUT2D eigenvalue weighted by Crippen LogP contribution is -2.36. The zero-order chi connectivity index (χ0) is 20.9. The number of rotatable bonds is 6. The molecule has 0 saturated heterocycles. The number of hydrogen-bond donors (Lipinski definition) is 1. The quantitative estimate of drug-likeness (QED) is 0.586. The number of carbonyl (C=O) groups excluding carboxylic acids is 2. The third-order valence-electron chi connectivity index (χ3n) is 4.93. The first-order chi connectivity index (χ1) is 14.6. The number of benzene rings is 2. The van der Waals surface area contributed by atoms with Crippen LogP contribution >= 0.6 is 23.1 Å². The highest BCUT2D eigenvalue weighted by molar-refractivity contribution is 7.99. The number of hydrogen-bond acceptors (Lipinski definition) is 4. The van der Waals surface area contributed by atoms with Crippen LogP contribution < -0.4 is 10.2 Å². The molecule has 0 spiro atoms. The fourth-order valence-electron chi connectivity index (χ4n) is 3.45. The molecular weight excluding hydrogens is 419 g/mol. The highest BCUT2D eigenvalue weighted by atomic mass is 32.2. The van der Waals surface area contributed by atoms with Gasteiger partial charge in [-0.1, -0.05) is 30.3 Å². The van der Waals surface area contributed by atoms with Gasteiger partial charge in [0.25, 0.3) is 0 Å². The van der Waals surface area contributed by atoms with Crippen LogP contribution in [-0.2, 0) is 9.59 Å². The third-order valence-corrected chi connectivity index (χ3v) is 6.91. The van der Waals surface area contributed by atoms with Crippen molar-refractivity contribution in [2.45, 2.75) is 23.8 Å². The van der Waals surface area contributed by atoms with Gasteiger partial charge in [0.05, 0.1) is 11.7 Å². The Morgan fingerprint density at radius 3 is 2.60 bits per heavy atom. The number of nitrogens with zero attached hydrogens (tertiary/aromatic N) is 1. The van der Waals surface area contributed by atoms with E-state index in [0.29, 0.717) is 6.54 Å². The van der Waals surface area contributed by atoms with Crippen molar-refractivity contribution in [2.75, 3.05) is 17.2 Å². The van der Waals surface area contributed by atoms with E-state index in [1.54, 1.807) is 28.8 Å². The minimum Gasteiger partial charge on any atom is -0.344 e. The van der Waals surface area contributed by atoms with E-state index < -0.39 is 0 Å². The number of nitrogens with one attached hydrogen (secondary N) is 1. The van der Waals surface area contributed by atoms with Crippen molar-refractivity contribution in [3.63, 3.8) is 0 Å². The first kappa shape index (κ1) is 20.6. The van der Waals surface area contributed by atoms with E-state index in [9.17, 15) is 14.0 Å². The fourth-order valence-corrected chi connectivity index (χ4v) is 5.24. The molecule has 1 aromatic heterocycles. The predicted octanol–water partition coefficient (Wildman–Crippen LogP) is 5.01. The predicted molar refractivity (Wildman–Crippen MR) is 119 cm³/mol. The number of fused-ring (bicyclic) bond motifs is 1. The van der Waals surface area contributed by atoms with E-state index in [0.717, 1.165) is 26.8 Å². The van der Waals surface area contributed by atoms with E-state index in [4.69, 9.17) is 0 Å². The summed E-state index contributed by atoms with van der Waals surface area (Å²) in [5.41, 5.74) is 1.72. The largest absolute Gasteiger partial charge is 0.344 e. The lowest BCUT2D eigenvalue weighted by atomic mass is 10.0. The van der Waals surface area contributed by atoms with E-state index in [-0.39, 0.29) is 36.5 Å². The second-order valence-corrected chi connectivity index (χ2v) is 9.05. The topological polar surface area (TPSA) is 49.4 Å². The minimum absolute atomic E-state index is 0.0487. The van der Waals surface area contributed by atoms with Crippen molar-refractivity contribution in [1.82, 2.24) is 5.32 Å². The van der Waals surface area contributed by atoms with Crippen LogP contribution in [0.1, 0.15) is 29.3 Å². The molecule has 0 aliphatic carbocycles. The van der Waals surface area contributed by atoms with Crippen molar-refractivity contribution in [2.24, 2.45) is 0 Å². The molecule has 4 nitrogen and oxygen atoms in total. The molecule has 0 bridgehead atoms. The Hall–Kier alpha value is -2.64. The van der Waals surface area contributed by atoms with Crippen LogP contribution in [-0.4, -0.2) is 24.1 Å². The van der Waals surface area contributed by atoms with Crippen LogP contribution in [0.4, 0.5) is 10.1 Å². The van der Waals surface area contributed by atoms with Crippen LogP contribution in [0.5, 0.6) is 0 Å². The Labute approximate surface area is 183 Å². The van der Waals surface area contributed by atoms with Gasteiger partial charge in [-0.15, -0.1) is 23.1 Å². The zero-order valence-electron chi connectivity index (χ0n) is 16.2. The van der Waals surface area contributed by atoms with Gasteiger partial charge in [0.1, 0.15) is 5.82 Å². The second kappa shape index (κ2) is 9.45. The van der Waals surface area contributed by atoms with Gasteiger partial charge in [0, 0.05) is 34.9 Å². The number of amides is 2. The Morgan fingerprint density at radius 1 is 1.03 bits per heavy atom. The van der Waals surface area contributed by atoms with Crippen molar-refractivity contribution in [1.29, 1.82) is 0 Å². The molecule has 30 heavy (non-hydrogen) atoms. The summed E-state index contributed by atoms with van der Waals surface area (Å²) >= 11 is 3.27. The van der Waals surface area contributed by atoms with E-state index in [1.807, 2.05) is 41.8 Å². The molecule has 3 aromatic rings. The molecule has 0 fully saturated rings. The number of carbonyl (C=O) groups is 2. The average molecular weight is 441 g/mol. The molecule has 0 saturated carbocycles. The SMILES string of the molecule is O=C(CCC(=O)N1CCSc2ccccc21)NC(c1ccc(F)cc1)c1cccs1. The van der Waals surface area contributed by atoms with E-state index >= 15 is 0 Å². The molecule has 1 aliphatic heterocycles. The molecule has 1 unspecified atom stereocenters. The summed E-state index contributed by atoms with van der Waals surface area (Å²) < 4.78 is 13.3. The van der Waals surface area contributed by atoms with Crippen LogP contribution in [0, 0.1) is 5.82 Å². The van der Waals surface area contributed by atoms with Gasteiger partial charge in [0.15, 0.2) is 0 Å². The molecular formula is C23H21FN2O2S2. The summed E-state index contributed by atoms with van der Waals surface area (Å²) in [5.74, 6) is 0.277. The van der Waals surface area contributed by atoms with Crippen LogP contribution in [0.15, 0.2) is 70.9 Å². The molecule has 1 aliphatic rings. The molecule has 2 heterocycles. The van der Waals surface area contributed by atoms with Gasteiger partial charge in [-0.25, -0.2) is 4.39 Å². The second-order valence-electron chi connectivity index (χ2n) is 6.93. The maximum atomic E-state index is 13.3. The average Bonchev–Trinajstić information content (AvgIpc) is 3.31. The Bertz CT molecular complexity index is 1020. The van der Waals surface area contributed by atoms with Gasteiger partial charge >= 0.3 is 0 Å². The monoisotopic (exact) mass is 440 g/mol. The van der Waals surface area contributed by atoms with Gasteiger partial charge < -0.3 is 10.2 Å². The van der Waals surface area contributed by atoms with Crippen LogP contribution in [0.2, 0.25) is 0 Å². The molecule has 7 heteroatoms. The molecule has 0 radical (unpaired) electrons. The Balaban J connectivity index is 1.41. The third kappa shape index (κ3) is 4.74. The zero-order valence-corrected chi connectivity index (χ0v) is 17.8. The number of halogens is 1. The summed E-state index contributed by atoms with van der Waals surface area (Å²) in [6, 6.07) is 17.5. The molecule has 4 rings (SSSR count). The molecule has 2 amide bonds. The highest BCUT2D eigenvalue weighted by Gasteiger charge is 2.24. The highest BCUT2D eigenvalue weighted by Crippen LogP contribution is 2.34. The first-order valence-corrected chi connectivity index (χ1v) is 11.6. The summed E-state index contributed by atoms with van der Waals surface area (Å²) in [7, 11) is 0. The Morgan fingerprint density at radius 2 is 1.83 bits per heavy atom. The standard InChI is InChI=1S/C23H21FN2O2S2/c24-17-9-7-16(8-10-17)23(20-6-3-14-29-20)25-21(27)11-12-22(28)26-13-15-30-19-5-2-1-4-18(19)26/h1-10,14,23H,11-13,15H2,(H,25,27). The fraction of sp³-hybridized carbons (Fsp3) is 0.217. The molecule has 1 atom stereocenters. The van der Waals surface area contributed by atoms with Crippen LogP contribution in [0.3, 0.4) is 0 Å². The van der Waals surface area contributed by atoms with Gasteiger partial charge in [-0.2, -0.15) is 0 Å². The molecule has 1 N–H and O–H groups in total. The first-order valence-electron chi connectivity index (χ1n) is 9.72. The molecule has 2 aromatic carbocycles. The maximum absolute atomic E-state index is 13.3. The van der Waals surface area contributed by atoms with Crippen molar-refractivity contribution < 1.29 is 14.0 Å². The van der Waals surface area contributed by atoms with Crippen molar-refractivity contribution in [3.8, 4) is 0 Å². The van der Waals surface area contributed by atoms with Gasteiger partial charge in [-0.05, 0) is 41.3 Å². The summed E-state index contributed by atoms with van der Waals surface area (Å²) in [5, 5.41) is 4.94. The Kier molecular flexibility index (Phi) is 6.50. The number of para-hydroxylation sites is 1. The normalized spacial score (nSPS) is 14.1. The van der Waals surface area contributed by atoms with E-state index in [1.165, 1.54) is 23.5 Å². The number of thioether (sulfide) groups is 1. The van der Waals surface area contributed by atoms with Crippen molar-refractivity contribution in [3.05, 3.63) is 82.3 Å². The number of thiophene rings is 1. The molecule has 154 valence electrons. The minimum atomic E-state index is -0.361. The van der Waals surface area contributed by atoms with E-state index in [2.05, 4.69) is 5.32 Å².